The van der Waals surface area contributed by atoms with Crippen LogP contribution in [0, 0.1) is 6.57 Å². The molecule has 1 aliphatic heterocycles. The van der Waals surface area contributed by atoms with Crippen molar-refractivity contribution in [2.75, 3.05) is 0 Å². The Kier molecular flexibility index (Phi) is 5.21. The molecule has 0 unspecified atom stereocenters. The Bertz CT molecular complexity index is 1400. The third-order valence-electron chi connectivity index (χ3n) is 5.59. The molecule has 5 rings (SSSR count). The number of nitrogens with zero attached hydrogens (tertiary/aromatic N) is 3. The molecular weight excluding hydrogens is 434 g/mol. The molecule has 0 N–H and O–H groups in total. The van der Waals surface area contributed by atoms with Crippen LogP contribution in [0.2, 0.25) is 5.02 Å². The molecule has 158 valence electrons. The number of pyridine rings is 1. The molecule has 4 aromatic rings. The molecule has 0 radical (unpaired) electrons. The second kappa shape index (κ2) is 8.34. The molecule has 3 aromatic carbocycles. The van der Waals surface area contributed by atoms with Crippen LogP contribution < -0.4 is 0 Å². The van der Waals surface area contributed by atoms with Crippen LogP contribution >= 0.6 is 11.6 Å². The summed E-state index contributed by atoms with van der Waals surface area (Å²) in [7, 11) is 0. The Morgan fingerprint density at radius 2 is 1.42 bits per heavy atom. The van der Waals surface area contributed by atoms with Gasteiger partial charge in [0.25, 0.3) is 11.8 Å². The van der Waals surface area contributed by atoms with Crippen molar-refractivity contribution >= 4 is 29.1 Å². The number of amides is 2. The van der Waals surface area contributed by atoms with Gasteiger partial charge in [0.15, 0.2) is 5.69 Å². The Labute approximate surface area is 195 Å². The molecule has 0 aliphatic carbocycles. The van der Waals surface area contributed by atoms with Crippen LogP contribution in [0.25, 0.3) is 27.2 Å². The van der Waals surface area contributed by atoms with Gasteiger partial charge in [0.05, 0.1) is 29.9 Å². The zero-order valence-corrected chi connectivity index (χ0v) is 18.1. The molecular formula is C27H16ClN3O2. The fourth-order valence-corrected chi connectivity index (χ4v) is 4.06. The normalized spacial score (nSPS) is 12.5. The van der Waals surface area contributed by atoms with Crippen molar-refractivity contribution < 1.29 is 9.59 Å². The first-order valence-electron chi connectivity index (χ1n) is 10.2. The monoisotopic (exact) mass is 449 g/mol. The minimum absolute atomic E-state index is 0.118. The molecule has 0 saturated carbocycles. The van der Waals surface area contributed by atoms with Crippen molar-refractivity contribution in [3.63, 3.8) is 0 Å². The number of aromatic nitrogens is 1. The number of fused-ring (bicyclic) bond motifs is 1. The topological polar surface area (TPSA) is 54.6 Å². The summed E-state index contributed by atoms with van der Waals surface area (Å²) in [5, 5.41) is 0.629. The lowest BCUT2D eigenvalue weighted by molar-refractivity contribution is 0.0642. The van der Waals surface area contributed by atoms with Crippen molar-refractivity contribution in [3.8, 4) is 22.4 Å². The van der Waals surface area contributed by atoms with Gasteiger partial charge in [-0.15, -0.1) is 0 Å². The number of benzene rings is 3. The van der Waals surface area contributed by atoms with Gasteiger partial charge >= 0.3 is 0 Å². The number of carbonyl (C=O) groups excluding carboxylic acids is 2. The first-order chi connectivity index (χ1) is 16.0. The number of hydrogen-bond donors (Lipinski definition) is 0. The molecule has 0 bridgehead atoms. The summed E-state index contributed by atoms with van der Waals surface area (Å²) in [6.07, 6.45) is 1.69. The van der Waals surface area contributed by atoms with Gasteiger partial charge in [0, 0.05) is 22.3 Å². The molecule has 0 saturated heterocycles. The van der Waals surface area contributed by atoms with Gasteiger partial charge in [0.2, 0.25) is 0 Å². The van der Waals surface area contributed by atoms with Gasteiger partial charge in [-0.25, -0.2) is 4.85 Å². The minimum Gasteiger partial charge on any atom is -0.270 e. The SMILES string of the molecule is [C-]#[N+]c1ccc(-c2cc(CN3C(=O)c4ccccc4C3=O)cnc2-c2ccc(Cl)cc2)cc1. The summed E-state index contributed by atoms with van der Waals surface area (Å²) in [6.45, 7) is 7.32. The van der Waals surface area contributed by atoms with Crippen molar-refractivity contribution in [1.82, 2.24) is 9.88 Å². The van der Waals surface area contributed by atoms with Gasteiger partial charge < -0.3 is 0 Å². The number of rotatable bonds is 4. The van der Waals surface area contributed by atoms with E-state index in [9.17, 15) is 9.59 Å². The maximum absolute atomic E-state index is 12.8. The summed E-state index contributed by atoms with van der Waals surface area (Å²) < 4.78 is 0. The van der Waals surface area contributed by atoms with E-state index in [4.69, 9.17) is 18.2 Å². The van der Waals surface area contributed by atoms with Crippen LogP contribution in [0.1, 0.15) is 26.3 Å². The van der Waals surface area contributed by atoms with E-state index in [0.717, 1.165) is 27.9 Å². The predicted octanol–water partition coefficient (Wildman–Crippen LogP) is 6.42. The van der Waals surface area contributed by atoms with E-state index in [1.165, 1.54) is 4.90 Å². The van der Waals surface area contributed by atoms with E-state index in [1.54, 1.807) is 54.7 Å². The van der Waals surface area contributed by atoms with Crippen LogP contribution in [0.3, 0.4) is 0 Å². The third kappa shape index (κ3) is 3.78. The molecule has 0 atom stereocenters. The number of hydrogen-bond acceptors (Lipinski definition) is 3. The summed E-state index contributed by atoms with van der Waals surface area (Å²) in [6, 6.07) is 23.4. The van der Waals surface area contributed by atoms with Gasteiger partial charge in [-0.2, -0.15) is 0 Å². The lowest BCUT2D eigenvalue weighted by atomic mass is 9.97. The van der Waals surface area contributed by atoms with Crippen LogP contribution in [0.5, 0.6) is 0 Å². The summed E-state index contributed by atoms with van der Waals surface area (Å²) in [4.78, 5) is 35.0. The zero-order chi connectivity index (χ0) is 22.9. The minimum atomic E-state index is -0.305. The Balaban J connectivity index is 1.56. The first kappa shape index (κ1) is 20.6. The fraction of sp³-hybridized carbons (Fsp3) is 0.0370. The van der Waals surface area contributed by atoms with Crippen LogP contribution in [0.15, 0.2) is 85.1 Å². The average Bonchev–Trinajstić information content (AvgIpc) is 3.10. The molecule has 5 nitrogen and oxygen atoms in total. The van der Waals surface area contributed by atoms with Crippen LogP contribution in [0.4, 0.5) is 5.69 Å². The van der Waals surface area contributed by atoms with E-state index in [2.05, 4.69) is 9.83 Å². The molecule has 2 heterocycles. The summed E-state index contributed by atoms with van der Waals surface area (Å²) in [5.74, 6) is -0.610. The maximum Gasteiger partial charge on any atom is 0.261 e. The average molecular weight is 450 g/mol. The van der Waals surface area contributed by atoms with E-state index in [1.807, 2.05) is 30.3 Å². The lowest BCUT2D eigenvalue weighted by Gasteiger charge is -2.16. The number of halogens is 1. The van der Waals surface area contributed by atoms with Gasteiger partial charge in [-0.1, -0.05) is 60.1 Å². The molecule has 33 heavy (non-hydrogen) atoms. The molecule has 0 spiro atoms. The highest BCUT2D eigenvalue weighted by atomic mass is 35.5. The Hall–Kier alpha value is -4.27. The number of imide groups is 1. The number of carbonyl (C=O) groups is 2. The molecule has 1 aromatic heterocycles. The van der Waals surface area contributed by atoms with Crippen molar-refractivity contribution in [2.45, 2.75) is 6.54 Å². The van der Waals surface area contributed by atoms with Crippen molar-refractivity contribution in [2.24, 2.45) is 0 Å². The fourth-order valence-electron chi connectivity index (χ4n) is 3.93. The Morgan fingerprint density at radius 3 is 2.03 bits per heavy atom. The summed E-state index contributed by atoms with van der Waals surface area (Å²) >= 11 is 6.06. The van der Waals surface area contributed by atoms with E-state index in [-0.39, 0.29) is 18.4 Å². The van der Waals surface area contributed by atoms with Crippen molar-refractivity contribution in [3.05, 3.63) is 118 Å². The highest BCUT2D eigenvalue weighted by Crippen LogP contribution is 2.34. The van der Waals surface area contributed by atoms with Crippen LogP contribution in [-0.4, -0.2) is 21.7 Å². The quantitative estimate of drug-likeness (QED) is 0.267. The molecule has 0 fully saturated rings. The Morgan fingerprint density at radius 1 is 0.818 bits per heavy atom. The summed E-state index contributed by atoms with van der Waals surface area (Å²) in [5.41, 5.74) is 5.45. The molecule has 1 aliphatic rings. The zero-order valence-electron chi connectivity index (χ0n) is 17.3. The third-order valence-corrected chi connectivity index (χ3v) is 5.84. The largest absolute Gasteiger partial charge is 0.270 e. The van der Waals surface area contributed by atoms with Crippen molar-refractivity contribution in [1.29, 1.82) is 0 Å². The van der Waals surface area contributed by atoms with E-state index >= 15 is 0 Å². The predicted molar refractivity (Wildman–Crippen MR) is 127 cm³/mol. The van der Waals surface area contributed by atoms with Gasteiger partial charge in [-0.3, -0.25) is 19.5 Å². The van der Waals surface area contributed by atoms with Gasteiger partial charge in [0.1, 0.15) is 0 Å². The van der Waals surface area contributed by atoms with E-state index in [0.29, 0.717) is 21.8 Å². The van der Waals surface area contributed by atoms with Crippen LogP contribution in [-0.2, 0) is 6.54 Å². The van der Waals surface area contributed by atoms with E-state index < -0.39 is 0 Å². The second-order valence-corrected chi connectivity index (χ2v) is 8.08. The van der Waals surface area contributed by atoms with Gasteiger partial charge in [-0.05, 0) is 41.5 Å². The highest BCUT2D eigenvalue weighted by molar-refractivity contribution is 6.30. The molecule has 6 heteroatoms. The maximum atomic E-state index is 12.8. The first-order valence-corrected chi connectivity index (χ1v) is 10.6. The highest BCUT2D eigenvalue weighted by Gasteiger charge is 2.35. The lowest BCUT2D eigenvalue weighted by Crippen LogP contribution is -2.29. The standard InChI is InChI=1S/C27H16ClN3O2/c1-29-21-12-8-18(9-13-21)24-14-17(15-30-25(24)19-6-10-20(28)11-7-19)16-31-26(32)22-4-2-3-5-23(22)27(31)33/h2-15H,16H2. The smallest absolute Gasteiger partial charge is 0.261 e. The molecule has 2 amide bonds. The second-order valence-electron chi connectivity index (χ2n) is 7.65.